The molecule has 0 heterocycles. The summed E-state index contributed by atoms with van der Waals surface area (Å²) in [5.74, 6) is -0.973. The van der Waals surface area contributed by atoms with Gasteiger partial charge < -0.3 is 5.32 Å². The Kier molecular flexibility index (Phi) is 6.01. The first-order valence-corrected chi connectivity index (χ1v) is 8.00. The zero-order chi connectivity index (χ0) is 16.8. The van der Waals surface area contributed by atoms with Crippen molar-refractivity contribution < 1.29 is 14.0 Å². The van der Waals surface area contributed by atoms with Gasteiger partial charge in [-0.1, -0.05) is 29.8 Å². The normalized spacial score (nSPS) is 11.6. The summed E-state index contributed by atoms with van der Waals surface area (Å²) < 4.78 is 13.1. The van der Waals surface area contributed by atoms with Crippen molar-refractivity contribution in [3.8, 4) is 0 Å². The van der Waals surface area contributed by atoms with Crippen LogP contribution in [-0.4, -0.2) is 17.2 Å². The number of para-hydroxylation sites is 1. The highest BCUT2D eigenvalue weighted by Crippen LogP contribution is 2.27. The molecule has 3 amide bonds. The third kappa shape index (κ3) is 5.26. The maximum atomic E-state index is 13.1. The van der Waals surface area contributed by atoms with E-state index in [2.05, 4.69) is 10.6 Å². The van der Waals surface area contributed by atoms with Crippen LogP contribution in [0.1, 0.15) is 6.92 Å². The molecule has 23 heavy (non-hydrogen) atoms. The quantitative estimate of drug-likeness (QED) is 0.806. The molecule has 2 N–H and O–H groups in total. The van der Waals surface area contributed by atoms with E-state index in [4.69, 9.17) is 11.6 Å². The number of nitrogens with one attached hydrogen (secondary N) is 2. The summed E-state index contributed by atoms with van der Waals surface area (Å²) in [6.07, 6.45) is 0. The number of carbonyl (C=O) groups excluding carboxylic acids is 2. The summed E-state index contributed by atoms with van der Waals surface area (Å²) in [6.45, 7) is 1.65. The Morgan fingerprint density at radius 1 is 1.17 bits per heavy atom. The number of amides is 3. The van der Waals surface area contributed by atoms with Gasteiger partial charge in [0, 0.05) is 10.6 Å². The molecule has 0 saturated heterocycles. The fraction of sp³-hybridized carbons (Fsp3) is 0.125. The van der Waals surface area contributed by atoms with Crippen molar-refractivity contribution in [1.29, 1.82) is 0 Å². The van der Waals surface area contributed by atoms with Gasteiger partial charge in [-0.25, -0.2) is 9.18 Å². The average molecular weight is 353 g/mol. The van der Waals surface area contributed by atoms with E-state index < -0.39 is 23.0 Å². The first kappa shape index (κ1) is 17.3. The van der Waals surface area contributed by atoms with Crippen LogP contribution in [0.3, 0.4) is 0 Å². The van der Waals surface area contributed by atoms with Crippen molar-refractivity contribution >= 4 is 41.0 Å². The lowest BCUT2D eigenvalue weighted by atomic mass is 10.3. The Morgan fingerprint density at radius 3 is 2.52 bits per heavy atom. The molecule has 0 aliphatic carbocycles. The molecule has 2 rings (SSSR count). The molecule has 1 atom stereocenters. The molecule has 120 valence electrons. The summed E-state index contributed by atoms with van der Waals surface area (Å²) in [6, 6.07) is 12.4. The number of urea groups is 1. The first-order chi connectivity index (χ1) is 11.0. The van der Waals surface area contributed by atoms with Crippen molar-refractivity contribution in [2.24, 2.45) is 0 Å². The van der Waals surface area contributed by atoms with Crippen LogP contribution < -0.4 is 10.6 Å². The fourth-order valence-corrected chi connectivity index (χ4v) is 2.86. The number of halogens is 2. The van der Waals surface area contributed by atoms with Crippen LogP contribution in [0.5, 0.6) is 0 Å². The van der Waals surface area contributed by atoms with Crippen LogP contribution in [0, 0.1) is 5.82 Å². The van der Waals surface area contributed by atoms with Gasteiger partial charge in [0.15, 0.2) is 0 Å². The van der Waals surface area contributed by atoms with Crippen LogP contribution in [0.4, 0.5) is 14.9 Å². The van der Waals surface area contributed by atoms with Gasteiger partial charge >= 0.3 is 6.03 Å². The average Bonchev–Trinajstić information content (AvgIpc) is 2.51. The molecular weight excluding hydrogens is 339 g/mol. The number of imide groups is 1. The third-order valence-electron chi connectivity index (χ3n) is 2.84. The van der Waals surface area contributed by atoms with E-state index in [0.29, 0.717) is 10.6 Å². The topological polar surface area (TPSA) is 58.2 Å². The number of hydrogen-bond acceptors (Lipinski definition) is 3. The van der Waals surface area contributed by atoms with Gasteiger partial charge in [0.1, 0.15) is 5.82 Å². The van der Waals surface area contributed by atoms with E-state index in [0.717, 1.165) is 0 Å². The molecule has 0 spiro atoms. The van der Waals surface area contributed by atoms with E-state index in [1.165, 1.54) is 30.0 Å². The van der Waals surface area contributed by atoms with Crippen LogP contribution in [0.25, 0.3) is 0 Å². The van der Waals surface area contributed by atoms with Crippen LogP contribution in [0.2, 0.25) is 5.02 Å². The molecule has 0 radical (unpaired) electrons. The highest BCUT2D eigenvalue weighted by atomic mass is 35.5. The fourth-order valence-electron chi connectivity index (χ4n) is 1.71. The van der Waals surface area contributed by atoms with Crippen molar-refractivity contribution in [2.75, 3.05) is 5.32 Å². The standard InChI is InChI=1S/C16H14ClFN2O2S/c1-10(23-12-7-8-14(18)13(17)9-12)15(21)20-16(22)19-11-5-3-2-4-6-11/h2-10H,1H3,(H2,19,20,21,22)/t10-/m1/s1. The van der Waals surface area contributed by atoms with E-state index in [-0.39, 0.29) is 5.02 Å². The minimum atomic E-state index is -0.606. The number of benzene rings is 2. The first-order valence-electron chi connectivity index (χ1n) is 6.74. The molecule has 7 heteroatoms. The van der Waals surface area contributed by atoms with Crippen molar-refractivity contribution in [2.45, 2.75) is 17.1 Å². The van der Waals surface area contributed by atoms with E-state index in [9.17, 15) is 14.0 Å². The number of anilines is 1. The third-order valence-corrected chi connectivity index (χ3v) is 4.22. The minimum absolute atomic E-state index is 0.00979. The molecule has 0 saturated carbocycles. The smallest absolute Gasteiger partial charge is 0.308 e. The summed E-state index contributed by atoms with van der Waals surface area (Å²) in [4.78, 5) is 24.4. The SMILES string of the molecule is C[C@@H](Sc1ccc(F)c(Cl)c1)C(=O)NC(=O)Nc1ccccc1. The Morgan fingerprint density at radius 2 is 1.87 bits per heavy atom. The van der Waals surface area contributed by atoms with Crippen molar-refractivity contribution in [1.82, 2.24) is 5.32 Å². The number of rotatable bonds is 4. The van der Waals surface area contributed by atoms with Gasteiger partial charge in [0.05, 0.1) is 10.3 Å². The second-order valence-electron chi connectivity index (χ2n) is 4.65. The van der Waals surface area contributed by atoms with Gasteiger partial charge in [-0.3, -0.25) is 10.1 Å². The lowest BCUT2D eigenvalue weighted by molar-refractivity contribution is -0.119. The Bertz CT molecular complexity index is 712. The Hall–Kier alpha value is -2.05. The number of hydrogen-bond donors (Lipinski definition) is 2. The maximum absolute atomic E-state index is 13.1. The summed E-state index contributed by atoms with van der Waals surface area (Å²) in [5.41, 5.74) is 0.587. The highest BCUT2D eigenvalue weighted by Gasteiger charge is 2.17. The lowest BCUT2D eigenvalue weighted by Crippen LogP contribution is -2.38. The molecule has 0 bridgehead atoms. The number of thioether (sulfide) groups is 1. The number of carbonyl (C=O) groups is 2. The monoisotopic (exact) mass is 352 g/mol. The van der Waals surface area contributed by atoms with Gasteiger partial charge in [-0.15, -0.1) is 11.8 Å². The van der Waals surface area contributed by atoms with Gasteiger partial charge in [-0.2, -0.15) is 0 Å². The second kappa shape index (κ2) is 7.99. The highest BCUT2D eigenvalue weighted by molar-refractivity contribution is 8.00. The van der Waals surface area contributed by atoms with E-state index >= 15 is 0 Å². The van der Waals surface area contributed by atoms with Crippen molar-refractivity contribution in [3.63, 3.8) is 0 Å². The molecule has 2 aromatic carbocycles. The van der Waals surface area contributed by atoms with Gasteiger partial charge in [-0.05, 0) is 37.3 Å². The molecule has 0 fully saturated rings. The summed E-state index contributed by atoms with van der Waals surface area (Å²) >= 11 is 6.88. The predicted octanol–water partition coefficient (Wildman–Crippen LogP) is 4.31. The zero-order valence-electron chi connectivity index (χ0n) is 12.2. The molecular formula is C16H14ClFN2O2S. The Labute approximate surface area is 142 Å². The van der Waals surface area contributed by atoms with Crippen molar-refractivity contribution in [3.05, 3.63) is 59.4 Å². The van der Waals surface area contributed by atoms with Gasteiger partial charge in [0.25, 0.3) is 0 Å². The Balaban J connectivity index is 1.89. The molecule has 0 aliphatic rings. The van der Waals surface area contributed by atoms with Crippen LogP contribution in [0.15, 0.2) is 53.4 Å². The van der Waals surface area contributed by atoms with Crippen LogP contribution >= 0.6 is 23.4 Å². The molecule has 0 aliphatic heterocycles. The minimum Gasteiger partial charge on any atom is -0.308 e. The molecule has 4 nitrogen and oxygen atoms in total. The van der Waals surface area contributed by atoms with Gasteiger partial charge in [0.2, 0.25) is 5.91 Å². The van der Waals surface area contributed by atoms with Crippen LogP contribution in [-0.2, 0) is 4.79 Å². The predicted molar refractivity (Wildman–Crippen MR) is 90.3 cm³/mol. The zero-order valence-corrected chi connectivity index (χ0v) is 13.7. The van der Waals surface area contributed by atoms with E-state index in [1.54, 1.807) is 31.2 Å². The molecule has 0 unspecified atom stereocenters. The molecule has 0 aromatic heterocycles. The summed E-state index contributed by atoms with van der Waals surface area (Å²) in [5, 5.41) is 4.26. The van der Waals surface area contributed by atoms with E-state index in [1.807, 2.05) is 6.07 Å². The largest absolute Gasteiger partial charge is 0.325 e. The molecule has 2 aromatic rings. The maximum Gasteiger partial charge on any atom is 0.325 e. The lowest BCUT2D eigenvalue weighted by Gasteiger charge is -2.12. The second-order valence-corrected chi connectivity index (χ2v) is 6.47. The summed E-state index contributed by atoms with van der Waals surface area (Å²) in [7, 11) is 0.